The summed E-state index contributed by atoms with van der Waals surface area (Å²) in [5.74, 6) is 0. The van der Waals surface area contributed by atoms with Crippen molar-refractivity contribution in [3.05, 3.63) is 0 Å². The minimum Gasteiger partial charge on any atom is -0.107 e. The smallest absolute Gasteiger partial charge is 0.107 e. The van der Waals surface area contributed by atoms with Gasteiger partial charge in [-0.05, 0) is 0 Å². The summed E-state index contributed by atoms with van der Waals surface area (Å²) in [7, 11) is 0. The van der Waals surface area contributed by atoms with Crippen LogP contribution in [-0.2, 0) is 0 Å². The van der Waals surface area contributed by atoms with Crippen molar-refractivity contribution in [1.29, 1.82) is 0 Å². The molecule has 1 aliphatic rings. The van der Waals surface area contributed by atoms with Crippen LogP contribution in [0.15, 0.2) is 0 Å². The van der Waals surface area contributed by atoms with Crippen LogP contribution in [0.4, 0.5) is 0 Å². The van der Waals surface area contributed by atoms with Gasteiger partial charge in [-0.15, -0.1) is 4.67 Å². The van der Waals surface area contributed by atoms with Gasteiger partial charge in [-0.3, -0.25) is 0 Å². The average Bonchev–Trinajstić information content (AvgIpc) is 2.42. The zero-order valence-corrected chi connectivity index (χ0v) is 4.65. The van der Waals surface area contributed by atoms with Gasteiger partial charge in [0.1, 0.15) is 0 Å². The summed E-state index contributed by atoms with van der Waals surface area (Å²) in [5.41, 5.74) is 1.38. The third-order valence-electron chi connectivity index (χ3n) is 0.930. The molecule has 1 nitrogen and oxygen atoms in total. The summed E-state index contributed by atoms with van der Waals surface area (Å²) < 4.78 is 4.15. The lowest BCUT2D eigenvalue weighted by Gasteiger charge is -1.49. The molecule has 0 amide bonds. The van der Waals surface area contributed by atoms with Gasteiger partial charge in [-0.25, -0.2) is 0 Å². The Balaban J connectivity index is 2.42. The van der Waals surface area contributed by atoms with E-state index in [1.807, 2.05) is 6.21 Å². The number of nitrogens with zero attached hydrogens (tertiary/aromatic N) is 1. The maximum Gasteiger partial charge on any atom is 0.281 e. The summed E-state index contributed by atoms with van der Waals surface area (Å²) in [5, 5.41) is 0. The van der Waals surface area contributed by atoms with E-state index in [0.29, 0.717) is 0 Å². The van der Waals surface area contributed by atoms with Crippen LogP contribution in [0.25, 0.3) is 0 Å². The van der Waals surface area contributed by atoms with Crippen molar-refractivity contribution in [1.82, 2.24) is 4.67 Å². The molecule has 0 unspecified atom stereocenters. The van der Waals surface area contributed by atoms with E-state index in [9.17, 15) is 0 Å². The van der Waals surface area contributed by atoms with Crippen molar-refractivity contribution in [2.45, 2.75) is 26.2 Å². The lowest BCUT2D eigenvalue weighted by atomic mass is 10.5. The van der Waals surface area contributed by atoms with Gasteiger partial charge in [0.05, 0.1) is 12.8 Å². The molecular weight excluding hydrogens is 86.1 g/mol. The fraction of sp³-hybridized carbons (Fsp3) is 0.667. The van der Waals surface area contributed by atoms with Crippen molar-refractivity contribution in [3.8, 4) is 0 Å². The van der Waals surface area contributed by atoms with Crippen molar-refractivity contribution in [3.63, 3.8) is 0 Å². The fourth-order valence-electron chi connectivity index (χ4n) is 0.405. The lowest BCUT2D eigenvalue weighted by molar-refractivity contribution is 1.32. The fourth-order valence-corrected chi connectivity index (χ4v) is 0.405. The van der Waals surface area contributed by atoms with Gasteiger partial charge in [-0.1, -0.05) is 6.92 Å². The predicted octanol–water partition coefficient (Wildman–Crippen LogP) is 0.769. The largest absolute Gasteiger partial charge is 0.281 e. The molecule has 0 spiro atoms. The van der Waals surface area contributed by atoms with Crippen molar-refractivity contribution in [2.75, 3.05) is 0 Å². The molecule has 0 saturated heterocycles. The van der Waals surface area contributed by atoms with Gasteiger partial charge < -0.3 is 0 Å². The highest BCUT2D eigenvalue weighted by Crippen LogP contribution is 2.08. The second kappa shape index (κ2) is 1.94. The minimum atomic E-state index is 1.07. The summed E-state index contributed by atoms with van der Waals surface area (Å²) in [6, 6.07) is 0. The van der Waals surface area contributed by atoms with Crippen molar-refractivity contribution < 1.29 is 0 Å². The van der Waals surface area contributed by atoms with Crippen LogP contribution in [0.3, 0.4) is 0 Å². The molecule has 1 heteroatoms. The van der Waals surface area contributed by atoms with Gasteiger partial charge in [0.2, 0.25) is 0 Å². The Kier molecular flexibility index (Phi) is 1.28. The Bertz CT molecular complexity index is 112. The monoisotopic (exact) mass is 96.1 g/mol. The van der Waals surface area contributed by atoms with Gasteiger partial charge in [0, 0.05) is 6.42 Å². The SMILES string of the molecule is CCC=[N+]=C1CC1. The highest BCUT2D eigenvalue weighted by molar-refractivity contribution is 5.98. The van der Waals surface area contributed by atoms with E-state index in [2.05, 4.69) is 11.6 Å². The maximum atomic E-state index is 4.15. The Morgan fingerprint density at radius 3 is 2.86 bits per heavy atom. The Hall–Kier alpha value is -0.550. The van der Waals surface area contributed by atoms with Crippen molar-refractivity contribution in [2.24, 2.45) is 0 Å². The first-order chi connectivity index (χ1) is 3.43. The molecule has 0 N–H and O–H groups in total. The zero-order chi connectivity index (χ0) is 5.11. The quantitative estimate of drug-likeness (QED) is 0.338. The van der Waals surface area contributed by atoms with Crippen molar-refractivity contribution >= 4 is 11.9 Å². The Labute approximate surface area is 43.8 Å². The maximum absolute atomic E-state index is 4.15. The predicted molar refractivity (Wildman–Crippen MR) is 32.7 cm³/mol. The van der Waals surface area contributed by atoms with Crippen LogP contribution in [0, 0.1) is 0 Å². The third kappa shape index (κ3) is 1.56. The van der Waals surface area contributed by atoms with Gasteiger partial charge in [0.25, 0.3) is 11.9 Å². The summed E-state index contributed by atoms with van der Waals surface area (Å²) in [6.07, 6.45) is 5.54. The second-order valence-electron chi connectivity index (χ2n) is 1.79. The molecule has 1 saturated carbocycles. The molecule has 7 heavy (non-hydrogen) atoms. The molecule has 38 valence electrons. The molecule has 0 heterocycles. The molecule has 0 aromatic heterocycles. The highest BCUT2D eigenvalue weighted by atomic mass is 14.6. The molecule has 1 fully saturated rings. The summed E-state index contributed by atoms with van der Waals surface area (Å²) in [4.78, 5) is 0. The summed E-state index contributed by atoms with van der Waals surface area (Å²) in [6.45, 7) is 2.10. The Morgan fingerprint density at radius 1 is 1.71 bits per heavy atom. The van der Waals surface area contributed by atoms with Crippen LogP contribution in [0.5, 0.6) is 0 Å². The number of rotatable bonds is 1. The second-order valence-corrected chi connectivity index (χ2v) is 1.79. The third-order valence-corrected chi connectivity index (χ3v) is 0.930. The first-order valence-electron chi connectivity index (χ1n) is 2.80. The van der Waals surface area contributed by atoms with Gasteiger partial charge >= 0.3 is 0 Å². The van der Waals surface area contributed by atoms with E-state index in [-0.39, 0.29) is 0 Å². The van der Waals surface area contributed by atoms with Crippen LogP contribution in [0.1, 0.15) is 26.2 Å². The first-order valence-corrected chi connectivity index (χ1v) is 2.80. The lowest BCUT2D eigenvalue weighted by Crippen LogP contribution is -1.76. The highest BCUT2D eigenvalue weighted by Gasteiger charge is 2.23. The van der Waals surface area contributed by atoms with E-state index >= 15 is 0 Å². The molecule has 0 aromatic carbocycles. The topological polar surface area (TPSA) is 14.1 Å². The van der Waals surface area contributed by atoms with E-state index in [1.54, 1.807) is 0 Å². The molecule has 0 bridgehead atoms. The van der Waals surface area contributed by atoms with Gasteiger partial charge in [-0.2, -0.15) is 0 Å². The Morgan fingerprint density at radius 2 is 2.43 bits per heavy atom. The molecule has 0 radical (unpaired) electrons. The van der Waals surface area contributed by atoms with Crippen LogP contribution >= 0.6 is 0 Å². The van der Waals surface area contributed by atoms with Crippen LogP contribution in [-0.4, -0.2) is 11.9 Å². The first kappa shape index (κ1) is 4.61. The van der Waals surface area contributed by atoms with Crippen LogP contribution in [0.2, 0.25) is 0 Å². The van der Waals surface area contributed by atoms with E-state index in [0.717, 1.165) is 6.42 Å². The molecule has 1 aliphatic carbocycles. The molecule has 0 atom stereocenters. The molecular formula is C6H10N+. The van der Waals surface area contributed by atoms with E-state index < -0.39 is 0 Å². The van der Waals surface area contributed by atoms with E-state index in [4.69, 9.17) is 0 Å². The zero-order valence-electron chi connectivity index (χ0n) is 4.65. The number of hydrogen-bond donors (Lipinski definition) is 0. The molecule has 0 aliphatic heterocycles. The normalized spacial score (nSPS) is 15.9. The standard InChI is InChI=1S/C6H10N/c1-2-5-7-6-3-4-6/h5H,2-4H2,1H3/q+1. The molecule has 0 aromatic rings. The van der Waals surface area contributed by atoms with Crippen LogP contribution < -0.4 is 4.67 Å². The van der Waals surface area contributed by atoms with Gasteiger partial charge in [0.15, 0.2) is 0 Å². The minimum absolute atomic E-state index is 1.07. The number of hydrogen-bond acceptors (Lipinski definition) is 0. The van der Waals surface area contributed by atoms with E-state index in [1.165, 1.54) is 18.6 Å². The molecule has 1 rings (SSSR count). The average molecular weight is 96.2 g/mol. The summed E-state index contributed by atoms with van der Waals surface area (Å²) >= 11 is 0.